The molecule has 6 heteroatoms. The van der Waals surface area contributed by atoms with Crippen molar-refractivity contribution in [3.8, 4) is 0 Å². The number of nitrogens with two attached hydrogens (primary N) is 1. The van der Waals surface area contributed by atoms with Gasteiger partial charge in [0.2, 0.25) is 0 Å². The number of hydrogen-bond acceptors (Lipinski definition) is 5. The van der Waals surface area contributed by atoms with E-state index in [9.17, 15) is 4.79 Å². The van der Waals surface area contributed by atoms with Crippen LogP contribution in [0.3, 0.4) is 0 Å². The Hall–Kier alpha value is -1.53. The Kier molecular flexibility index (Phi) is 6.07. The zero-order chi connectivity index (χ0) is 15.1. The minimum Gasteiger partial charge on any atom is -0.378 e. The van der Waals surface area contributed by atoms with Crippen molar-refractivity contribution >= 4 is 5.91 Å². The van der Waals surface area contributed by atoms with Gasteiger partial charge in [-0.2, -0.15) is 0 Å². The molecule has 1 saturated carbocycles. The van der Waals surface area contributed by atoms with Crippen molar-refractivity contribution in [1.29, 1.82) is 0 Å². The van der Waals surface area contributed by atoms with Crippen LogP contribution in [0.25, 0.3) is 0 Å². The lowest BCUT2D eigenvalue weighted by Gasteiger charge is -2.26. The molecule has 116 valence electrons. The average Bonchev–Trinajstić information content (AvgIpc) is 2.49. The summed E-state index contributed by atoms with van der Waals surface area (Å²) in [5.41, 5.74) is 7.01. The number of rotatable bonds is 6. The van der Waals surface area contributed by atoms with Crippen LogP contribution in [-0.2, 0) is 4.74 Å². The van der Waals surface area contributed by atoms with Crippen LogP contribution in [0, 0.1) is 6.92 Å². The molecular weight excluding hydrogens is 268 g/mol. The lowest BCUT2D eigenvalue weighted by molar-refractivity contribution is 0.0241. The van der Waals surface area contributed by atoms with E-state index < -0.39 is 0 Å². The Bertz CT molecular complexity index is 441. The van der Waals surface area contributed by atoms with Gasteiger partial charge >= 0.3 is 0 Å². The molecule has 3 N–H and O–H groups in total. The maximum atomic E-state index is 11.8. The minimum absolute atomic E-state index is 0.189. The van der Waals surface area contributed by atoms with Crippen LogP contribution in [-0.4, -0.2) is 41.2 Å². The molecule has 0 unspecified atom stereocenters. The smallest absolute Gasteiger partial charge is 0.271 e. The summed E-state index contributed by atoms with van der Waals surface area (Å²) in [4.78, 5) is 19.9. The fourth-order valence-corrected chi connectivity index (χ4v) is 2.38. The fraction of sp³-hybridized carbons (Fsp3) is 0.667. The van der Waals surface area contributed by atoms with E-state index >= 15 is 0 Å². The average molecular weight is 292 g/mol. The Labute approximate surface area is 125 Å². The van der Waals surface area contributed by atoms with Gasteiger partial charge in [0.1, 0.15) is 5.69 Å². The number of nitrogens with zero attached hydrogens (tertiary/aromatic N) is 2. The molecule has 0 saturated heterocycles. The highest BCUT2D eigenvalue weighted by Crippen LogP contribution is 2.19. The maximum Gasteiger partial charge on any atom is 0.271 e. The van der Waals surface area contributed by atoms with Crippen LogP contribution < -0.4 is 11.1 Å². The third-order valence-electron chi connectivity index (χ3n) is 3.69. The predicted octanol–water partition coefficient (Wildman–Crippen LogP) is 1.19. The SMILES string of the molecule is Cc1cnc(C(=O)NCCCOC2CCC(N)CC2)cn1. The first kappa shape index (κ1) is 15.9. The molecule has 1 aliphatic rings. The first-order valence-corrected chi connectivity index (χ1v) is 7.59. The lowest BCUT2D eigenvalue weighted by atomic mass is 9.94. The van der Waals surface area contributed by atoms with Crippen LogP contribution in [0.4, 0.5) is 0 Å². The number of nitrogens with one attached hydrogen (secondary N) is 1. The molecular formula is C15H24N4O2. The van der Waals surface area contributed by atoms with Gasteiger partial charge < -0.3 is 15.8 Å². The molecule has 1 heterocycles. The molecule has 6 nitrogen and oxygen atoms in total. The van der Waals surface area contributed by atoms with Crippen molar-refractivity contribution in [2.45, 2.75) is 51.2 Å². The normalized spacial score (nSPS) is 22.0. The highest BCUT2D eigenvalue weighted by atomic mass is 16.5. The van der Waals surface area contributed by atoms with E-state index in [-0.39, 0.29) is 5.91 Å². The summed E-state index contributed by atoms with van der Waals surface area (Å²) in [5, 5.41) is 2.82. The molecule has 0 radical (unpaired) electrons. The molecule has 0 spiro atoms. The number of amides is 1. The second kappa shape index (κ2) is 8.05. The monoisotopic (exact) mass is 292 g/mol. The maximum absolute atomic E-state index is 11.8. The van der Waals surface area contributed by atoms with E-state index in [1.807, 2.05) is 6.92 Å². The highest BCUT2D eigenvalue weighted by Gasteiger charge is 2.18. The van der Waals surface area contributed by atoms with E-state index in [1.54, 1.807) is 6.20 Å². The predicted molar refractivity (Wildman–Crippen MR) is 79.9 cm³/mol. The van der Waals surface area contributed by atoms with Gasteiger partial charge in [0.15, 0.2) is 0 Å². The summed E-state index contributed by atoms with van der Waals surface area (Å²) in [5.74, 6) is -0.189. The number of aryl methyl sites for hydroxylation is 1. The molecule has 21 heavy (non-hydrogen) atoms. The summed E-state index contributed by atoms with van der Waals surface area (Å²) in [6.45, 7) is 3.09. The van der Waals surface area contributed by atoms with Gasteiger partial charge in [-0.25, -0.2) is 4.98 Å². The molecule has 0 atom stereocenters. The van der Waals surface area contributed by atoms with E-state index in [4.69, 9.17) is 10.5 Å². The highest BCUT2D eigenvalue weighted by molar-refractivity contribution is 5.91. The molecule has 1 aromatic heterocycles. The Morgan fingerprint density at radius 3 is 2.76 bits per heavy atom. The number of carbonyl (C=O) groups excluding carboxylic acids is 1. The fourth-order valence-electron chi connectivity index (χ4n) is 2.38. The molecule has 2 rings (SSSR count). The second-order valence-electron chi connectivity index (χ2n) is 5.56. The van der Waals surface area contributed by atoms with Crippen LogP contribution in [0.5, 0.6) is 0 Å². The first-order valence-electron chi connectivity index (χ1n) is 7.59. The van der Waals surface area contributed by atoms with Crippen LogP contribution in [0.1, 0.15) is 48.3 Å². The largest absolute Gasteiger partial charge is 0.378 e. The van der Waals surface area contributed by atoms with E-state index in [2.05, 4.69) is 15.3 Å². The Morgan fingerprint density at radius 1 is 1.33 bits per heavy atom. The van der Waals surface area contributed by atoms with Crippen LogP contribution >= 0.6 is 0 Å². The Balaban J connectivity index is 1.57. The quantitative estimate of drug-likeness (QED) is 0.769. The van der Waals surface area contributed by atoms with E-state index in [0.717, 1.165) is 37.8 Å². The summed E-state index contributed by atoms with van der Waals surface area (Å²) in [7, 11) is 0. The summed E-state index contributed by atoms with van der Waals surface area (Å²) >= 11 is 0. The van der Waals surface area contributed by atoms with Crippen molar-refractivity contribution in [1.82, 2.24) is 15.3 Å². The minimum atomic E-state index is -0.189. The van der Waals surface area contributed by atoms with Crippen LogP contribution in [0.15, 0.2) is 12.4 Å². The molecule has 0 aliphatic heterocycles. The summed E-state index contributed by atoms with van der Waals surface area (Å²) in [6, 6.07) is 0.347. The topological polar surface area (TPSA) is 90.1 Å². The number of aromatic nitrogens is 2. The second-order valence-corrected chi connectivity index (χ2v) is 5.56. The van der Waals surface area contributed by atoms with Gasteiger partial charge in [0.05, 0.1) is 18.0 Å². The summed E-state index contributed by atoms with van der Waals surface area (Å²) < 4.78 is 5.80. The lowest BCUT2D eigenvalue weighted by Crippen LogP contribution is -2.31. The number of ether oxygens (including phenoxy) is 1. The van der Waals surface area contributed by atoms with Crippen molar-refractivity contribution < 1.29 is 9.53 Å². The van der Waals surface area contributed by atoms with Gasteiger partial charge in [0.25, 0.3) is 5.91 Å². The van der Waals surface area contributed by atoms with Gasteiger partial charge in [-0.15, -0.1) is 0 Å². The third-order valence-corrected chi connectivity index (χ3v) is 3.69. The van der Waals surface area contributed by atoms with Crippen LogP contribution in [0.2, 0.25) is 0 Å². The van der Waals surface area contributed by atoms with Gasteiger partial charge in [-0.3, -0.25) is 9.78 Å². The van der Waals surface area contributed by atoms with Gasteiger partial charge in [-0.1, -0.05) is 0 Å². The molecule has 1 fully saturated rings. The molecule has 1 amide bonds. The number of hydrogen-bond donors (Lipinski definition) is 2. The Morgan fingerprint density at radius 2 is 2.10 bits per heavy atom. The zero-order valence-electron chi connectivity index (χ0n) is 12.5. The van der Waals surface area contributed by atoms with Crippen molar-refractivity contribution in [2.75, 3.05) is 13.2 Å². The van der Waals surface area contributed by atoms with Crippen molar-refractivity contribution in [3.05, 3.63) is 23.8 Å². The standard InChI is InChI=1S/C15H24N4O2/c1-11-9-19-14(10-18-11)15(20)17-7-2-8-21-13-5-3-12(16)4-6-13/h9-10,12-13H,2-8,16H2,1H3,(H,17,20). The third kappa shape index (κ3) is 5.40. The van der Waals surface area contributed by atoms with Gasteiger partial charge in [0, 0.05) is 25.4 Å². The van der Waals surface area contributed by atoms with Gasteiger partial charge in [-0.05, 0) is 39.0 Å². The first-order chi connectivity index (χ1) is 10.1. The van der Waals surface area contributed by atoms with Crippen molar-refractivity contribution in [3.63, 3.8) is 0 Å². The molecule has 1 aliphatic carbocycles. The zero-order valence-corrected chi connectivity index (χ0v) is 12.5. The van der Waals surface area contributed by atoms with E-state index in [1.165, 1.54) is 6.20 Å². The molecule has 0 aromatic carbocycles. The summed E-state index contributed by atoms with van der Waals surface area (Å²) in [6.07, 6.45) is 8.41. The molecule has 0 bridgehead atoms. The van der Waals surface area contributed by atoms with E-state index in [0.29, 0.717) is 31.0 Å². The number of carbonyl (C=O) groups is 1. The molecule has 1 aromatic rings. The van der Waals surface area contributed by atoms with Crippen molar-refractivity contribution in [2.24, 2.45) is 5.73 Å².